The van der Waals surface area contributed by atoms with Gasteiger partial charge < -0.3 is 0 Å². The number of hydrogen-bond acceptors (Lipinski definition) is 3. The van der Waals surface area contributed by atoms with Crippen molar-refractivity contribution in [3.8, 4) is 0 Å². The predicted molar refractivity (Wildman–Crippen MR) is 65.6 cm³/mol. The second-order valence-electron chi connectivity index (χ2n) is 4.78. The Hall–Kier alpha value is -0.930. The molecular formula is C13H21N3. The zero-order valence-corrected chi connectivity index (χ0v) is 9.95. The molecule has 3 N–H and O–H groups in total. The topological polar surface area (TPSA) is 50.9 Å². The third-order valence-corrected chi connectivity index (χ3v) is 3.59. The molecule has 88 valence electrons. The molecule has 2 rings (SSSR count). The summed E-state index contributed by atoms with van der Waals surface area (Å²) >= 11 is 0. The average Bonchev–Trinajstić information content (AvgIpc) is 2.34. The van der Waals surface area contributed by atoms with Crippen molar-refractivity contribution in [2.24, 2.45) is 11.8 Å². The maximum absolute atomic E-state index is 5.70. The molecule has 1 fully saturated rings. The molecule has 1 heterocycles. The van der Waals surface area contributed by atoms with Gasteiger partial charge in [0.05, 0.1) is 6.04 Å². The summed E-state index contributed by atoms with van der Waals surface area (Å²) in [7, 11) is 0. The highest BCUT2D eigenvalue weighted by atomic mass is 15.2. The molecule has 1 aromatic heterocycles. The Morgan fingerprint density at radius 2 is 2.06 bits per heavy atom. The van der Waals surface area contributed by atoms with Crippen LogP contribution in [0.2, 0.25) is 0 Å². The Kier molecular flexibility index (Phi) is 3.91. The lowest BCUT2D eigenvalue weighted by atomic mass is 9.82. The van der Waals surface area contributed by atoms with Crippen LogP contribution in [0.25, 0.3) is 0 Å². The molecular weight excluding hydrogens is 198 g/mol. The number of nitrogens with two attached hydrogens (primary N) is 1. The minimum Gasteiger partial charge on any atom is -0.271 e. The van der Waals surface area contributed by atoms with Crippen LogP contribution in [-0.4, -0.2) is 4.98 Å². The van der Waals surface area contributed by atoms with E-state index in [1.54, 1.807) is 0 Å². The number of pyridine rings is 1. The van der Waals surface area contributed by atoms with Gasteiger partial charge in [0, 0.05) is 11.9 Å². The summed E-state index contributed by atoms with van der Waals surface area (Å²) in [5.74, 6) is 6.37. The van der Waals surface area contributed by atoms with Crippen molar-refractivity contribution in [2.45, 2.75) is 45.1 Å². The molecule has 1 aliphatic carbocycles. The van der Waals surface area contributed by atoms with E-state index in [9.17, 15) is 0 Å². The molecule has 0 amide bonds. The summed E-state index contributed by atoms with van der Waals surface area (Å²) in [5, 5.41) is 0. The van der Waals surface area contributed by atoms with Crippen molar-refractivity contribution in [1.82, 2.24) is 10.4 Å². The number of aryl methyl sites for hydroxylation is 1. The van der Waals surface area contributed by atoms with E-state index >= 15 is 0 Å². The van der Waals surface area contributed by atoms with Crippen molar-refractivity contribution >= 4 is 0 Å². The summed E-state index contributed by atoms with van der Waals surface area (Å²) in [4.78, 5) is 4.35. The fourth-order valence-electron chi connectivity index (χ4n) is 2.64. The fraction of sp³-hybridized carbons (Fsp3) is 0.615. The van der Waals surface area contributed by atoms with Crippen LogP contribution in [0.4, 0.5) is 0 Å². The number of aromatic nitrogens is 1. The Morgan fingerprint density at radius 1 is 1.31 bits per heavy atom. The highest BCUT2D eigenvalue weighted by molar-refractivity contribution is 5.18. The highest BCUT2D eigenvalue weighted by Gasteiger charge is 2.24. The monoisotopic (exact) mass is 219 g/mol. The first-order chi connectivity index (χ1) is 7.81. The molecule has 1 aromatic rings. The average molecular weight is 219 g/mol. The van der Waals surface area contributed by atoms with Gasteiger partial charge in [0.25, 0.3) is 0 Å². The summed E-state index contributed by atoms with van der Waals surface area (Å²) < 4.78 is 0. The van der Waals surface area contributed by atoms with Crippen molar-refractivity contribution in [3.63, 3.8) is 0 Å². The largest absolute Gasteiger partial charge is 0.271 e. The second kappa shape index (κ2) is 5.41. The van der Waals surface area contributed by atoms with Crippen LogP contribution in [0.5, 0.6) is 0 Å². The second-order valence-corrected chi connectivity index (χ2v) is 4.78. The quantitative estimate of drug-likeness (QED) is 0.606. The van der Waals surface area contributed by atoms with Crippen LogP contribution in [-0.2, 0) is 0 Å². The van der Waals surface area contributed by atoms with Crippen LogP contribution in [0.1, 0.15) is 49.4 Å². The van der Waals surface area contributed by atoms with Gasteiger partial charge in [-0.15, -0.1) is 0 Å². The van der Waals surface area contributed by atoms with E-state index < -0.39 is 0 Å². The molecule has 1 unspecified atom stereocenters. The Balaban J connectivity index is 2.11. The first-order valence-electron chi connectivity index (χ1n) is 6.20. The molecule has 1 saturated carbocycles. The first kappa shape index (κ1) is 11.6. The SMILES string of the molecule is Cc1ccc(C(NN)C2CCCCC2)cn1. The minimum atomic E-state index is 0.272. The number of hydrazine groups is 1. The molecule has 0 spiro atoms. The molecule has 1 atom stereocenters. The minimum absolute atomic E-state index is 0.272. The van der Waals surface area contributed by atoms with Gasteiger partial charge in [0.15, 0.2) is 0 Å². The third kappa shape index (κ3) is 2.60. The summed E-state index contributed by atoms with van der Waals surface area (Å²) in [6.45, 7) is 2.01. The Bertz CT molecular complexity index is 314. The van der Waals surface area contributed by atoms with Gasteiger partial charge in [-0.25, -0.2) is 0 Å². The molecule has 3 heteroatoms. The molecule has 1 aliphatic rings. The van der Waals surface area contributed by atoms with Crippen LogP contribution in [0.15, 0.2) is 18.3 Å². The van der Waals surface area contributed by atoms with Crippen LogP contribution in [0, 0.1) is 12.8 Å². The molecule has 0 aliphatic heterocycles. The van der Waals surface area contributed by atoms with E-state index in [-0.39, 0.29) is 6.04 Å². The first-order valence-corrected chi connectivity index (χ1v) is 6.20. The van der Waals surface area contributed by atoms with E-state index in [0.29, 0.717) is 5.92 Å². The van der Waals surface area contributed by atoms with Gasteiger partial charge in [-0.1, -0.05) is 25.3 Å². The van der Waals surface area contributed by atoms with Crippen molar-refractivity contribution in [2.75, 3.05) is 0 Å². The number of hydrogen-bond donors (Lipinski definition) is 2. The lowest BCUT2D eigenvalue weighted by Crippen LogP contribution is -2.34. The molecule has 0 radical (unpaired) electrons. The van der Waals surface area contributed by atoms with Gasteiger partial charge >= 0.3 is 0 Å². The number of nitrogens with one attached hydrogen (secondary N) is 1. The molecule has 16 heavy (non-hydrogen) atoms. The smallest absolute Gasteiger partial charge is 0.0503 e. The maximum Gasteiger partial charge on any atom is 0.0503 e. The van der Waals surface area contributed by atoms with Gasteiger partial charge in [-0.3, -0.25) is 16.3 Å². The highest BCUT2D eigenvalue weighted by Crippen LogP contribution is 2.33. The summed E-state index contributed by atoms with van der Waals surface area (Å²) in [6, 6.07) is 4.47. The molecule has 0 bridgehead atoms. The predicted octanol–water partition coefficient (Wildman–Crippen LogP) is 2.47. The van der Waals surface area contributed by atoms with E-state index in [4.69, 9.17) is 5.84 Å². The Morgan fingerprint density at radius 3 is 2.62 bits per heavy atom. The Labute approximate surface area is 97.4 Å². The van der Waals surface area contributed by atoms with E-state index in [0.717, 1.165) is 5.69 Å². The van der Waals surface area contributed by atoms with E-state index in [1.807, 2.05) is 13.1 Å². The van der Waals surface area contributed by atoms with Crippen molar-refractivity contribution in [1.29, 1.82) is 0 Å². The number of rotatable bonds is 3. The standard InChI is InChI=1S/C13H21N3/c1-10-7-8-12(9-15-10)13(16-14)11-5-3-2-4-6-11/h7-9,11,13,16H,2-6,14H2,1H3. The van der Waals surface area contributed by atoms with E-state index in [1.165, 1.54) is 37.7 Å². The third-order valence-electron chi connectivity index (χ3n) is 3.59. The lowest BCUT2D eigenvalue weighted by molar-refractivity contribution is 0.273. The normalized spacial score (nSPS) is 19.6. The summed E-state index contributed by atoms with van der Waals surface area (Å²) in [6.07, 6.45) is 8.56. The molecule has 0 aromatic carbocycles. The van der Waals surface area contributed by atoms with Gasteiger partial charge in [0.2, 0.25) is 0 Å². The van der Waals surface area contributed by atoms with Gasteiger partial charge in [0.1, 0.15) is 0 Å². The molecule has 0 saturated heterocycles. The van der Waals surface area contributed by atoms with Gasteiger partial charge in [-0.2, -0.15) is 0 Å². The van der Waals surface area contributed by atoms with Crippen LogP contribution < -0.4 is 11.3 Å². The molecule has 3 nitrogen and oxygen atoms in total. The fourth-order valence-corrected chi connectivity index (χ4v) is 2.64. The summed E-state index contributed by atoms with van der Waals surface area (Å²) in [5.41, 5.74) is 5.25. The zero-order chi connectivity index (χ0) is 11.4. The lowest BCUT2D eigenvalue weighted by Gasteiger charge is -2.29. The maximum atomic E-state index is 5.70. The van der Waals surface area contributed by atoms with Crippen molar-refractivity contribution < 1.29 is 0 Å². The van der Waals surface area contributed by atoms with Crippen LogP contribution >= 0.6 is 0 Å². The van der Waals surface area contributed by atoms with Crippen molar-refractivity contribution in [3.05, 3.63) is 29.6 Å². The van der Waals surface area contributed by atoms with Crippen LogP contribution in [0.3, 0.4) is 0 Å². The zero-order valence-electron chi connectivity index (χ0n) is 9.95. The number of nitrogens with zero attached hydrogens (tertiary/aromatic N) is 1. The van der Waals surface area contributed by atoms with E-state index in [2.05, 4.69) is 22.5 Å². The van der Waals surface area contributed by atoms with Gasteiger partial charge in [-0.05, 0) is 37.3 Å².